The van der Waals surface area contributed by atoms with Gasteiger partial charge in [0.1, 0.15) is 17.2 Å². The predicted octanol–water partition coefficient (Wildman–Crippen LogP) is 3.02. The summed E-state index contributed by atoms with van der Waals surface area (Å²) in [5, 5.41) is 3.62. The SMILES string of the molecule is CC(C)(C)OC(=O)[C@@H]1[C@H](N=[N+]=[N-])CCN1C(=O)OC(C)(C)C. The first-order valence-electron chi connectivity index (χ1n) is 7.21. The fourth-order valence-corrected chi connectivity index (χ4v) is 2.14. The van der Waals surface area contributed by atoms with E-state index in [0.29, 0.717) is 6.42 Å². The van der Waals surface area contributed by atoms with Crippen LogP contribution in [-0.4, -0.2) is 46.8 Å². The number of hydrogen-bond donors (Lipinski definition) is 0. The molecule has 1 fully saturated rings. The first-order valence-corrected chi connectivity index (χ1v) is 7.21. The monoisotopic (exact) mass is 312 g/mol. The molecule has 1 aliphatic rings. The second kappa shape index (κ2) is 6.44. The highest BCUT2D eigenvalue weighted by atomic mass is 16.6. The van der Waals surface area contributed by atoms with Crippen LogP contribution in [0.1, 0.15) is 48.0 Å². The third kappa shape index (κ3) is 5.11. The van der Waals surface area contributed by atoms with E-state index in [9.17, 15) is 9.59 Å². The third-order valence-electron chi connectivity index (χ3n) is 2.84. The summed E-state index contributed by atoms with van der Waals surface area (Å²) in [6.45, 7) is 10.7. The minimum atomic E-state index is -0.954. The van der Waals surface area contributed by atoms with Crippen LogP contribution in [-0.2, 0) is 14.3 Å². The lowest BCUT2D eigenvalue weighted by Gasteiger charge is -2.30. The van der Waals surface area contributed by atoms with Crippen LogP contribution in [0.3, 0.4) is 0 Å². The number of carbonyl (C=O) groups is 2. The van der Waals surface area contributed by atoms with Gasteiger partial charge in [0.2, 0.25) is 0 Å². The average Bonchev–Trinajstić information content (AvgIpc) is 2.68. The summed E-state index contributed by atoms with van der Waals surface area (Å²) in [6.07, 6.45) is -0.216. The molecule has 0 aromatic heterocycles. The molecule has 1 amide bonds. The number of esters is 1. The summed E-state index contributed by atoms with van der Waals surface area (Å²) < 4.78 is 10.6. The maximum absolute atomic E-state index is 12.4. The molecule has 22 heavy (non-hydrogen) atoms. The Hall–Kier alpha value is -1.95. The number of azide groups is 1. The molecule has 1 rings (SSSR count). The Morgan fingerprint density at radius 1 is 1.14 bits per heavy atom. The topological polar surface area (TPSA) is 105 Å². The predicted molar refractivity (Wildman–Crippen MR) is 80.1 cm³/mol. The van der Waals surface area contributed by atoms with Crippen LogP contribution >= 0.6 is 0 Å². The van der Waals surface area contributed by atoms with Gasteiger partial charge in [-0.3, -0.25) is 4.90 Å². The van der Waals surface area contributed by atoms with Gasteiger partial charge in [0, 0.05) is 11.5 Å². The van der Waals surface area contributed by atoms with Gasteiger partial charge in [-0.15, -0.1) is 0 Å². The highest BCUT2D eigenvalue weighted by molar-refractivity contribution is 5.83. The molecule has 0 spiro atoms. The number of likely N-dealkylation sites (tertiary alicyclic amines) is 1. The van der Waals surface area contributed by atoms with Gasteiger partial charge < -0.3 is 9.47 Å². The number of nitrogens with zero attached hydrogens (tertiary/aromatic N) is 4. The van der Waals surface area contributed by atoms with Gasteiger partial charge in [-0.05, 0) is 53.5 Å². The fourth-order valence-electron chi connectivity index (χ4n) is 2.14. The zero-order chi connectivity index (χ0) is 17.1. The molecule has 0 aliphatic carbocycles. The molecule has 1 aliphatic heterocycles. The van der Waals surface area contributed by atoms with Crippen molar-refractivity contribution >= 4 is 12.1 Å². The largest absolute Gasteiger partial charge is 0.458 e. The van der Waals surface area contributed by atoms with Crippen LogP contribution < -0.4 is 0 Å². The van der Waals surface area contributed by atoms with Crippen LogP contribution in [0.25, 0.3) is 10.4 Å². The molecule has 0 bridgehead atoms. The smallest absolute Gasteiger partial charge is 0.411 e. The second-order valence-electron chi connectivity index (χ2n) is 7.21. The van der Waals surface area contributed by atoms with E-state index in [-0.39, 0.29) is 6.54 Å². The highest BCUT2D eigenvalue weighted by Gasteiger charge is 2.45. The van der Waals surface area contributed by atoms with Crippen LogP contribution in [0, 0.1) is 0 Å². The number of hydrogen-bond acceptors (Lipinski definition) is 5. The quantitative estimate of drug-likeness (QED) is 0.338. The van der Waals surface area contributed by atoms with Gasteiger partial charge in [0.05, 0.1) is 6.04 Å². The molecule has 0 saturated carbocycles. The van der Waals surface area contributed by atoms with Crippen LogP contribution in [0.15, 0.2) is 5.11 Å². The summed E-state index contributed by atoms with van der Waals surface area (Å²) in [6, 6.07) is -1.60. The number of carbonyl (C=O) groups excluding carboxylic acids is 2. The molecule has 8 nitrogen and oxygen atoms in total. The normalized spacial score (nSPS) is 22.0. The molecule has 124 valence electrons. The minimum absolute atomic E-state index is 0.280. The molecular weight excluding hydrogens is 288 g/mol. The van der Waals surface area contributed by atoms with Crippen molar-refractivity contribution in [1.29, 1.82) is 0 Å². The van der Waals surface area contributed by atoms with Crippen molar-refractivity contribution in [3.63, 3.8) is 0 Å². The Balaban J connectivity index is 2.98. The van der Waals surface area contributed by atoms with E-state index in [0.717, 1.165) is 0 Å². The van der Waals surface area contributed by atoms with Crippen molar-refractivity contribution in [2.45, 2.75) is 71.2 Å². The number of amides is 1. The lowest BCUT2D eigenvalue weighted by Crippen LogP contribution is -2.48. The van der Waals surface area contributed by atoms with E-state index in [1.165, 1.54) is 4.90 Å². The van der Waals surface area contributed by atoms with E-state index in [1.807, 2.05) is 0 Å². The maximum Gasteiger partial charge on any atom is 0.411 e. The molecule has 0 radical (unpaired) electrons. The minimum Gasteiger partial charge on any atom is -0.458 e. The molecule has 2 atom stereocenters. The standard InChI is InChI=1S/C14H24N4O4/c1-13(2,3)21-11(19)10-9(16-17-15)7-8-18(10)12(20)22-14(4,5)6/h9-10H,7-8H2,1-6H3/t9-,10+/m1/s1. The molecule has 0 N–H and O–H groups in total. The van der Waals surface area contributed by atoms with Crippen LogP contribution in [0.4, 0.5) is 4.79 Å². The Labute approximate surface area is 130 Å². The summed E-state index contributed by atoms with van der Waals surface area (Å²) in [7, 11) is 0. The summed E-state index contributed by atoms with van der Waals surface area (Å²) >= 11 is 0. The summed E-state index contributed by atoms with van der Waals surface area (Å²) in [4.78, 5) is 28.7. The molecule has 8 heteroatoms. The van der Waals surface area contributed by atoms with Crippen molar-refractivity contribution < 1.29 is 19.1 Å². The van der Waals surface area contributed by atoms with Gasteiger partial charge in [-0.2, -0.15) is 0 Å². The molecular formula is C14H24N4O4. The van der Waals surface area contributed by atoms with Crippen molar-refractivity contribution in [3.05, 3.63) is 10.4 Å². The van der Waals surface area contributed by atoms with Crippen molar-refractivity contribution in [2.24, 2.45) is 5.11 Å². The zero-order valence-corrected chi connectivity index (χ0v) is 14.0. The molecule has 0 unspecified atom stereocenters. The maximum atomic E-state index is 12.4. The van der Waals surface area contributed by atoms with Gasteiger partial charge in [-0.1, -0.05) is 5.11 Å². The molecule has 1 saturated heterocycles. The summed E-state index contributed by atoms with van der Waals surface area (Å²) in [5.74, 6) is -0.590. The van der Waals surface area contributed by atoms with Gasteiger partial charge in [-0.25, -0.2) is 9.59 Å². The van der Waals surface area contributed by atoms with E-state index >= 15 is 0 Å². The Bertz CT molecular complexity index is 486. The average molecular weight is 312 g/mol. The van der Waals surface area contributed by atoms with Crippen LogP contribution in [0.5, 0.6) is 0 Å². The first-order chi connectivity index (χ1) is 9.94. The van der Waals surface area contributed by atoms with E-state index in [4.69, 9.17) is 15.0 Å². The first kappa shape index (κ1) is 18.1. The zero-order valence-electron chi connectivity index (χ0n) is 14.0. The third-order valence-corrected chi connectivity index (χ3v) is 2.84. The van der Waals surface area contributed by atoms with E-state index < -0.39 is 35.3 Å². The number of ether oxygens (including phenoxy) is 2. The van der Waals surface area contributed by atoms with Gasteiger partial charge >= 0.3 is 12.1 Å². The molecule has 0 aromatic rings. The Morgan fingerprint density at radius 2 is 1.68 bits per heavy atom. The fraction of sp³-hybridized carbons (Fsp3) is 0.857. The van der Waals surface area contributed by atoms with Crippen molar-refractivity contribution in [2.75, 3.05) is 6.54 Å². The van der Waals surface area contributed by atoms with Crippen LogP contribution in [0.2, 0.25) is 0 Å². The Morgan fingerprint density at radius 3 is 2.14 bits per heavy atom. The molecule has 1 heterocycles. The second-order valence-corrected chi connectivity index (χ2v) is 7.21. The van der Waals surface area contributed by atoms with Gasteiger partial charge in [0.15, 0.2) is 0 Å². The molecule has 0 aromatic carbocycles. The lowest BCUT2D eigenvalue weighted by molar-refractivity contribution is -0.160. The van der Waals surface area contributed by atoms with E-state index in [2.05, 4.69) is 10.0 Å². The Kier molecular flexibility index (Phi) is 5.30. The summed E-state index contributed by atoms with van der Waals surface area (Å²) in [5.41, 5.74) is 7.27. The van der Waals surface area contributed by atoms with Crippen molar-refractivity contribution in [1.82, 2.24) is 4.90 Å². The number of rotatable bonds is 2. The highest BCUT2D eigenvalue weighted by Crippen LogP contribution is 2.26. The van der Waals surface area contributed by atoms with Crippen molar-refractivity contribution in [3.8, 4) is 0 Å². The van der Waals surface area contributed by atoms with Gasteiger partial charge in [0.25, 0.3) is 0 Å². The lowest BCUT2D eigenvalue weighted by atomic mass is 10.1. The van der Waals surface area contributed by atoms with E-state index in [1.54, 1.807) is 41.5 Å².